The summed E-state index contributed by atoms with van der Waals surface area (Å²) in [6, 6.07) is 10.1. The second-order valence-electron chi connectivity index (χ2n) is 4.22. The second-order valence-corrected chi connectivity index (χ2v) is 4.22. The third kappa shape index (κ3) is 4.43. The van der Waals surface area contributed by atoms with Gasteiger partial charge in [0, 0.05) is 5.57 Å². The maximum atomic E-state index is 11.7. The van der Waals surface area contributed by atoms with Crippen LogP contribution in [-0.4, -0.2) is 12.6 Å². The fourth-order valence-corrected chi connectivity index (χ4v) is 1.61. The number of ether oxygens (including phenoxy) is 1. The molecule has 0 fully saturated rings. The number of hydrogen-bond acceptors (Lipinski definition) is 2. The molecule has 0 amide bonds. The summed E-state index contributed by atoms with van der Waals surface area (Å²) < 4.78 is 5.05. The van der Waals surface area contributed by atoms with Crippen molar-refractivity contribution in [3.05, 3.63) is 47.5 Å². The summed E-state index contributed by atoms with van der Waals surface area (Å²) in [6.07, 6.45) is 2.74. The highest BCUT2D eigenvalue weighted by molar-refractivity contribution is 5.88. The van der Waals surface area contributed by atoms with E-state index in [1.54, 1.807) is 0 Å². The van der Waals surface area contributed by atoms with Crippen molar-refractivity contribution in [2.45, 2.75) is 27.2 Å². The van der Waals surface area contributed by atoms with Gasteiger partial charge in [-0.25, -0.2) is 4.79 Å². The van der Waals surface area contributed by atoms with Crippen LogP contribution in [0.4, 0.5) is 0 Å². The van der Waals surface area contributed by atoms with E-state index in [4.69, 9.17) is 4.74 Å². The Morgan fingerprint density at radius 2 is 1.94 bits per heavy atom. The molecule has 0 aromatic heterocycles. The Bertz CT molecular complexity index is 377. The predicted molar refractivity (Wildman–Crippen MR) is 69.7 cm³/mol. The van der Waals surface area contributed by atoms with Crippen molar-refractivity contribution in [3.8, 4) is 0 Å². The topological polar surface area (TPSA) is 26.3 Å². The zero-order valence-corrected chi connectivity index (χ0v) is 10.8. The monoisotopic (exact) mass is 232 g/mol. The van der Waals surface area contributed by atoms with E-state index in [0.717, 1.165) is 12.0 Å². The lowest BCUT2D eigenvalue weighted by molar-refractivity contribution is -0.139. The van der Waals surface area contributed by atoms with E-state index in [9.17, 15) is 4.79 Å². The van der Waals surface area contributed by atoms with Crippen LogP contribution in [0.5, 0.6) is 0 Å². The zero-order chi connectivity index (χ0) is 12.7. The summed E-state index contributed by atoms with van der Waals surface area (Å²) in [5.74, 6) is -0.00352. The molecule has 0 atom stereocenters. The molecule has 0 aliphatic carbocycles. The van der Waals surface area contributed by atoms with Crippen LogP contribution in [0.15, 0.2) is 42.0 Å². The van der Waals surface area contributed by atoms with Gasteiger partial charge in [0.1, 0.15) is 0 Å². The van der Waals surface area contributed by atoms with E-state index >= 15 is 0 Å². The smallest absolute Gasteiger partial charge is 0.333 e. The van der Waals surface area contributed by atoms with Crippen molar-refractivity contribution in [2.75, 3.05) is 6.61 Å². The number of hydrogen-bond donors (Lipinski definition) is 0. The molecule has 0 unspecified atom stereocenters. The fraction of sp³-hybridized carbons (Fsp3) is 0.400. The normalized spacial score (nSPS) is 11.6. The van der Waals surface area contributed by atoms with Crippen molar-refractivity contribution in [2.24, 2.45) is 5.92 Å². The number of benzene rings is 1. The average molecular weight is 232 g/mol. The molecular weight excluding hydrogens is 212 g/mol. The minimum atomic E-state index is -0.196. The first kappa shape index (κ1) is 13.5. The largest absolute Gasteiger partial charge is 0.463 e. The molecule has 17 heavy (non-hydrogen) atoms. The summed E-state index contributed by atoms with van der Waals surface area (Å²) >= 11 is 0. The Labute approximate surface area is 103 Å². The molecular formula is C15H20O2. The third-order valence-electron chi connectivity index (χ3n) is 2.53. The molecule has 1 rings (SSSR count). The van der Waals surface area contributed by atoms with Crippen LogP contribution in [0.2, 0.25) is 0 Å². The van der Waals surface area contributed by atoms with Gasteiger partial charge in [-0.2, -0.15) is 0 Å². The summed E-state index contributed by atoms with van der Waals surface area (Å²) in [5, 5.41) is 0. The lowest BCUT2D eigenvalue weighted by Crippen LogP contribution is -2.12. The highest BCUT2D eigenvalue weighted by atomic mass is 16.5. The molecule has 2 heteroatoms. The Hall–Kier alpha value is -1.57. The van der Waals surface area contributed by atoms with Gasteiger partial charge in [0.2, 0.25) is 0 Å². The Balaban J connectivity index is 2.74. The van der Waals surface area contributed by atoms with Crippen LogP contribution in [-0.2, 0) is 16.0 Å². The van der Waals surface area contributed by atoms with Gasteiger partial charge in [-0.1, -0.05) is 50.3 Å². The lowest BCUT2D eigenvalue weighted by Gasteiger charge is -2.10. The Kier molecular flexibility index (Phi) is 5.47. The van der Waals surface area contributed by atoms with Crippen molar-refractivity contribution in [1.29, 1.82) is 0 Å². The Morgan fingerprint density at radius 1 is 1.29 bits per heavy atom. The first-order valence-electron chi connectivity index (χ1n) is 6.06. The van der Waals surface area contributed by atoms with Crippen LogP contribution >= 0.6 is 0 Å². The van der Waals surface area contributed by atoms with Crippen molar-refractivity contribution in [3.63, 3.8) is 0 Å². The van der Waals surface area contributed by atoms with Gasteiger partial charge in [0.15, 0.2) is 0 Å². The molecule has 0 aliphatic heterocycles. The quantitative estimate of drug-likeness (QED) is 0.574. The van der Waals surface area contributed by atoms with E-state index < -0.39 is 0 Å². The lowest BCUT2D eigenvalue weighted by atomic mass is 10.0. The first-order chi connectivity index (χ1) is 8.15. The first-order valence-corrected chi connectivity index (χ1v) is 6.06. The number of carbonyl (C=O) groups is 1. The van der Waals surface area contributed by atoms with Crippen LogP contribution in [0.3, 0.4) is 0 Å². The molecule has 92 valence electrons. The highest BCUT2D eigenvalue weighted by Gasteiger charge is 2.13. The minimum absolute atomic E-state index is 0.192. The molecule has 1 aromatic rings. The van der Waals surface area contributed by atoms with E-state index in [2.05, 4.69) is 12.1 Å². The fourth-order valence-electron chi connectivity index (χ4n) is 1.61. The average Bonchev–Trinajstić information content (AvgIpc) is 2.30. The minimum Gasteiger partial charge on any atom is -0.463 e. The van der Waals surface area contributed by atoms with Crippen molar-refractivity contribution >= 4 is 5.97 Å². The van der Waals surface area contributed by atoms with Gasteiger partial charge in [-0.3, -0.25) is 0 Å². The van der Waals surface area contributed by atoms with Crippen molar-refractivity contribution < 1.29 is 9.53 Å². The van der Waals surface area contributed by atoms with Crippen LogP contribution < -0.4 is 0 Å². The van der Waals surface area contributed by atoms with E-state index in [1.165, 1.54) is 5.56 Å². The molecule has 0 N–H and O–H groups in total. The highest BCUT2D eigenvalue weighted by Crippen LogP contribution is 2.13. The van der Waals surface area contributed by atoms with Gasteiger partial charge in [0.25, 0.3) is 0 Å². The van der Waals surface area contributed by atoms with Crippen molar-refractivity contribution in [1.82, 2.24) is 0 Å². The number of allylic oxidation sites excluding steroid dienone is 1. The number of esters is 1. The van der Waals surface area contributed by atoms with Gasteiger partial charge >= 0.3 is 5.97 Å². The van der Waals surface area contributed by atoms with E-state index in [1.807, 2.05) is 45.0 Å². The van der Waals surface area contributed by atoms with Crippen LogP contribution in [0.1, 0.15) is 26.3 Å². The van der Waals surface area contributed by atoms with E-state index in [-0.39, 0.29) is 11.9 Å². The maximum Gasteiger partial charge on any atom is 0.333 e. The molecule has 2 nitrogen and oxygen atoms in total. The Morgan fingerprint density at radius 3 is 2.47 bits per heavy atom. The number of carbonyl (C=O) groups excluding carboxylic acids is 1. The molecule has 0 heterocycles. The summed E-state index contributed by atoms with van der Waals surface area (Å²) in [6.45, 7) is 6.27. The van der Waals surface area contributed by atoms with Crippen LogP contribution in [0.25, 0.3) is 0 Å². The molecule has 0 radical (unpaired) electrons. The van der Waals surface area contributed by atoms with E-state index in [0.29, 0.717) is 6.61 Å². The SMILES string of the molecule is CCOC(=O)/C(=C/Cc1ccccc1)C(C)C. The molecule has 0 saturated heterocycles. The molecule has 0 spiro atoms. The number of rotatable bonds is 5. The van der Waals surface area contributed by atoms with Crippen LogP contribution in [0, 0.1) is 5.92 Å². The van der Waals surface area contributed by atoms with Gasteiger partial charge in [0.05, 0.1) is 6.61 Å². The maximum absolute atomic E-state index is 11.7. The van der Waals surface area contributed by atoms with Gasteiger partial charge < -0.3 is 4.74 Å². The summed E-state index contributed by atoms with van der Waals surface area (Å²) in [4.78, 5) is 11.7. The van der Waals surface area contributed by atoms with Gasteiger partial charge in [-0.05, 0) is 24.8 Å². The molecule has 0 bridgehead atoms. The summed E-state index contributed by atoms with van der Waals surface area (Å²) in [5.41, 5.74) is 1.96. The zero-order valence-electron chi connectivity index (χ0n) is 10.8. The molecule has 0 saturated carbocycles. The second kappa shape index (κ2) is 6.89. The third-order valence-corrected chi connectivity index (χ3v) is 2.53. The standard InChI is InChI=1S/C15H20O2/c1-4-17-15(16)14(12(2)3)11-10-13-8-6-5-7-9-13/h5-9,11-12H,4,10H2,1-3H3/b14-11+. The predicted octanol–water partition coefficient (Wildman–Crippen LogP) is 3.37. The summed E-state index contributed by atoms with van der Waals surface area (Å²) in [7, 11) is 0. The molecule has 1 aromatic carbocycles. The molecule has 0 aliphatic rings. The van der Waals surface area contributed by atoms with Gasteiger partial charge in [-0.15, -0.1) is 0 Å².